The van der Waals surface area contributed by atoms with Crippen molar-refractivity contribution >= 4 is 6.21 Å². The zero-order valence-corrected chi connectivity index (χ0v) is 19.7. The highest BCUT2D eigenvalue weighted by molar-refractivity contribution is 5.82. The van der Waals surface area contributed by atoms with Crippen LogP contribution >= 0.6 is 0 Å². The van der Waals surface area contributed by atoms with Gasteiger partial charge in [0.1, 0.15) is 0 Å². The van der Waals surface area contributed by atoms with Crippen LogP contribution in [0.2, 0.25) is 0 Å². The highest BCUT2D eigenvalue weighted by atomic mass is 14.3. The van der Waals surface area contributed by atoms with Gasteiger partial charge in [0.25, 0.3) is 0 Å². The highest BCUT2D eigenvalue weighted by Gasteiger charge is 2.24. The molecule has 2 aromatic rings. The molecule has 0 heterocycles. The second kappa shape index (κ2) is 10.0. The van der Waals surface area contributed by atoms with Gasteiger partial charge in [0.2, 0.25) is 0 Å². The van der Waals surface area contributed by atoms with E-state index in [-0.39, 0.29) is 5.41 Å². The van der Waals surface area contributed by atoms with E-state index in [1.165, 1.54) is 46.9 Å². The molecule has 0 bridgehead atoms. The largest absolute Gasteiger partial charge is 0.308 e. The van der Waals surface area contributed by atoms with Crippen molar-refractivity contribution in [3.63, 3.8) is 0 Å². The van der Waals surface area contributed by atoms with Crippen molar-refractivity contribution in [1.82, 2.24) is 0 Å². The molecule has 0 atom stereocenters. The van der Waals surface area contributed by atoms with Crippen molar-refractivity contribution in [2.45, 2.75) is 87.0 Å². The number of benzene rings is 2. The Morgan fingerprint density at radius 3 is 2.00 bits per heavy atom. The number of aryl methyl sites for hydroxylation is 2. The summed E-state index contributed by atoms with van der Waals surface area (Å²) >= 11 is 0. The Hall–Kier alpha value is -1.89. The summed E-state index contributed by atoms with van der Waals surface area (Å²) < 4.78 is 0. The molecule has 0 radical (unpaired) electrons. The zero-order valence-electron chi connectivity index (χ0n) is 19.7. The Morgan fingerprint density at radius 1 is 0.857 bits per heavy atom. The predicted molar refractivity (Wildman–Crippen MR) is 127 cm³/mol. The van der Waals surface area contributed by atoms with E-state index in [1.54, 1.807) is 0 Å². The maximum absolute atomic E-state index is 7.57. The minimum Gasteiger partial charge on any atom is -0.308 e. The second-order valence-corrected chi connectivity index (χ2v) is 9.39. The fourth-order valence-electron chi connectivity index (χ4n) is 3.46. The molecule has 0 saturated carbocycles. The summed E-state index contributed by atoms with van der Waals surface area (Å²) in [5.41, 5.74) is 8.17. The third-order valence-electron chi connectivity index (χ3n) is 5.48. The van der Waals surface area contributed by atoms with Crippen LogP contribution in [-0.4, -0.2) is 6.21 Å². The van der Waals surface area contributed by atoms with Gasteiger partial charge in [-0.05, 0) is 76.5 Å². The van der Waals surface area contributed by atoms with Gasteiger partial charge in [-0.1, -0.05) is 85.7 Å². The summed E-state index contributed by atoms with van der Waals surface area (Å²) in [7, 11) is 0. The smallest absolute Gasteiger partial charge is 0.0250 e. The molecule has 2 aromatic carbocycles. The van der Waals surface area contributed by atoms with Crippen LogP contribution in [0.4, 0.5) is 0 Å². The fourth-order valence-corrected chi connectivity index (χ4v) is 3.46. The van der Waals surface area contributed by atoms with Crippen molar-refractivity contribution in [3.05, 3.63) is 58.7 Å². The molecule has 0 amide bonds. The molecular formula is C27H41N. The van der Waals surface area contributed by atoms with Crippen LogP contribution in [-0.2, 0) is 11.8 Å². The van der Waals surface area contributed by atoms with Crippen LogP contribution in [0.3, 0.4) is 0 Å². The van der Waals surface area contributed by atoms with Gasteiger partial charge in [0.15, 0.2) is 0 Å². The standard InChI is InChI=1S/C25H35N.C2H6/c1-8-20-10-9-19(17-26)16-23(20)22-12-11-21(15-18(22)2)25(6,7)14-13-24(3,4)5;1-2/h9-12,15-17,26H,8,13-14H2,1-7H3;1-2H3. The third-order valence-corrected chi connectivity index (χ3v) is 5.48. The van der Waals surface area contributed by atoms with Crippen LogP contribution in [0, 0.1) is 17.7 Å². The van der Waals surface area contributed by atoms with E-state index in [0.717, 1.165) is 12.0 Å². The molecule has 0 aliphatic heterocycles. The molecular weight excluding hydrogens is 338 g/mol. The molecule has 154 valence electrons. The Balaban J connectivity index is 0.00000190. The summed E-state index contributed by atoms with van der Waals surface area (Å²) in [6.07, 6.45) is 4.86. The van der Waals surface area contributed by atoms with Crippen LogP contribution < -0.4 is 0 Å². The van der Waals surface area contributed by atoms with Gasteiger partial charge >= 0.3 is 0 Å². The van der Waals surface area contributed by atoms with E-state index in [2.05, 4.69) is 78.8 Å². The van der Waals surface area contributed by atoms with Crippen LogP contribution in [0.25, 0.3) is 11.1 Å². The molecule has 1 heteroatoms. The lowest BCUT2D eigenvalue weighted by atomic mass is 9.75. The fraction of sp³-hybridized carbons (Fsp3) is 0.519. The zero-order chi connectivity index (χ0) is 21.5. The van der Waals surface area contributed by atoms with E-state index in [9.17, 15) is 0 Å². The van der Waals surface area contributed by atoms with E-state index < -0.39 is 0 Å². The lowest BCUT2D eigenvalue weighted by molar-refractivity contribution is 0.315. The van der Waals surface area contributed by atoms with Gasteiger partial charge in [-0.3, -0.25) is 0 Å². The van der Waals surface area contributed by atoms with E-state index in [0.29, 0.717) is 5.41 Å². The molecule has 0 saturated heterocycles. The summed E-state index contributed by atoms with van der Waals surface area (Å²) in [4.78, 5) is 0. The lowest BCUT2D eigenvalue weighted by Gasteiger charge is -2.30. The van der Waals surface area contributed by atoms with Gasteiger partial charge in [0.05, 0.1) is 0 Å². The molecule has 28 heavy (non-hydrogen) atoms. The average Bonchev–Trinajstić information content (AvgIpc) is 2.67. The topological polar surface area (TPSA) is 23.9 Å². The van der Waals surface area contributed by atoms with E-state index in [1.807, 2.05) is 19.9 Å². The first-order valence-electron chi connectivity index (χ1n) is 10.8. The lowest BCUT2D eigenvalue weighted by Crippen LogP contribution is -2.20. The molecule has 1 nitrogen and oxygen atoms in total. The van der Waals surface area contributed by atoms with Crippen LogP contribution in [0.5, 0.6) is 0 Å². The first-order valence-corrected chi connectivity index (χ1v) is 10.8. The van der Waals surface area contributed by atoms with Crippen molar-refractivity contribution in [2.75, 3.05) is 0 Å². The monoisotopic (exact) mass is 379 g/mol. The first-order chi connectivity index (χ1) is 13.1. The SMILES string of the molecule is CC.CCc1ccc(C=N)cc1-c1ccc(C(C)(C)CCC(C)(C)C)cc1C. The maximum atomic E-state index is 7.57. The van der Waals surface area contributed by atoms with E-state index in [4.69, 9.17) is 5.41 Å². The third kappa shape index (κ3) is 6.33. The van der Waals surface area contributed by atoms with Gasteiger partial charge in [-0.2, -0.15) is 0 Å². The molecule has 2 rings (SSSR count). The predicted octanol–water partition coefficient (Wildman–Crippen LogP) is 8.35. The molecule has 0 fully saturated rings. The molecule has 0 aliphatic rings. The van der Waals surface area contributed by atoms with Crippen molar-refractivity contribution in [1.29, 1.82) is 5.41 Å². The minimum absolute atomic E-state index is 0.182. The maximum Gasteiger partial charge on any atom is 0.0250 e. The summed E-state index contributed by atoms with van der Waals surface area (Å²) in [5, 5.41) is 7.57. The quantitative estimate of drug-likeness (QED) is 0.487. The number of hydrogen-bond acceptors (Lipinski definition) is 1. The minimum atomic E-state index is 0.182. The number of rotatable bonds is 6. The molecule has 1 N–H and O–H groups in total. The Bertz CT molecular complexity index is 775. The Labute approximate surface area is 174 Å². The van der Waals surface area contributed by atoms with E-state index >= 15 is 0 Å². The number of nitrogens with one attached hydrogen (secondary N) is 1. The summed E-state index contributed by atoms with van der Waals surface area (Å²) in [6.45, 7) is 20.1. The van der Waals surface area contributed by atoms with Crippen molar-refractivity contribution in [2.24, 2.45) is 5.41 Å². The van der Waals surface area contributed by atoms with Crippen LogP contribution in [0.1, 0.15) is 90.5 Å². The van der Waals surface area contributed by atoms with Gasteiger partial charge in [-0.25, -0.2) is 0 Å². The van der Waals surface area contributed by atoms with Crippen molar-refractivity contribution < 1.29 is 0 Å². The van der Waals surface area contributed by atoms with Crippen molar-refractivity contribution in [3.8, 4) is 11.1 Å². The normalized spacial score (nSPS) is 11.6. The average molecular weight is 380 g/mol. The Morgan fingerprint density at radius 2 is 1.50 bits per heavy atom. The first kappa shape index (κ1) is 24.1. The molecule has 0 aliphatic carbocycles. The Kier molecular flexibility index (Phi) is 8.67. The highest BCUT2D eigenvalue weighted by Crippen LogP contribution is 2.36. The number of hydrogen-bond donors (Lipinski definition) is 1. The van der Waals surface area contributed by atoms with Gasteiger partial charge in [0, 0.05) is 6.21 Å². The van der Waals surface area contributed by atoms with Gasteiger partial charge in [-0.15, -0.1) is 0 Å². The molecule has 0 unspecified atom stereocenters. The van der Waals surface area contributed by atoms with Crippen LogP contribution in [0.15, 0.2) is 36.4 Å². The summed E-state index contributed by atoms with van der Waals surface area (Å²) in [5.74, 6) is 0. The second-order valence-electron chi connectivity index (χ2n) is 9.39. The molecule has 0 aromatic heterocycles. The van der Waals surface area contributed by atoms with Gasteiger partial charge < -0.3 is 5.41 Å². The summed E-state index contributed by atoms with van der Waals surface area (Å²) in [6, 6.07) is 13.3. The molecule has 0 spiro atoms.